The van der Waals surface area contributed by atoms with Gasteiger partial charge in [0.1, 0.15) is 0 Å². The molecule has 0 radical (unpaired) electrons. The maximum atomic E-state index is 9.01. The summed E-state index contributed by atoms with van der Waals surface area (Å²) in [5.74, 6) is 0. The van der Waals surface area contributed by atoms with Gasteiger partial charge in [0.25, 0.3) is 0 Å². The number of aliphatic hydroxyl groups excluding tert-OH is 1. The molecule has 0 atom stereocenters. The molecule has 90 valence electrons. The highest BCUT2D eigenvalue weighted by molar-refractivity contribution is 5.14. The van der Waals surface area contributed by atoms with E-state index in [0.29, 0.717) is 0 Å². The van der Waals surface area contributed by atoms with Crippen molar-refractivity contribution >= 4 is 0 Å². The van der Waals surface area contributed by atoms with Crippen LogP contribution in [0.1, 0.15) is 12.0 Å². The van der Waals surface area contributed by atoms with Crippen LogP contribution in [0.3, 0.4) is 0 Å². The van der Waals surface area contributed by atoms with E-state index >= 15 is 0 Å². The van der Waals surface area contributed by atoms with E-state index in [2.05, 4.69) is 34.5 Å². The molecule has 1 aromatic rings. The fourth-order valence-corrected chi connectivity index (χ4v) is 1.73. The minimum Gasteiger partial charge on any atom is -0.395 e. The summed E-state index contributed by atoms with van der Waals surface area (Å²) in [6, 6.07) is 10.4. The van der Waals surface area contributed by atoms with Crippen molar-refractivity contribution in [3.05, 3.63) is 35.9 Å². The molecule has 0 saturated heterocycles. The van der Waals surface area contributed by atoms with Crippen molar-refractivity contribution in [2.75, 3.05) is 33.3 Å². The highest BCUT2D eigenvalue weighted by Gasteiger charge is 2.04. The highest BCUT2D eigenvalue weighted by Crippen LogP contribution is 2.04. The topological polar surface area (TPSA) is 35.5 Å². The van der Waals surface area contributed by atoms with Crippen LogP contribution in [0.4, 0.5) is 0 Å². The van der Waals surface area contributed by atoms with Crippen LogP contribution in [0.15, 0.2) is 30.3 Å². The zero-order chi connectivity index (χ0) is 11.6. The molecule has 0 aliphatic rings. The third kappa shape index (κ3) is 5.26. The minimum absolute atomic E-state index is 0.229. The van der Waals surface area contributed by atoms with Crippen LogP contribution in [0.5, 0.6) is 0 Å². The summed E-state index contributed by atoms with van der Waals surface area (Å²) in [6.07, 6.45) is 1.11. The van der Waals surface area contributed by atoms with Gasteiger partial charge in [0, 0.05) is 13.1 Å². The van der Waals surface area contributed by atoms with Gasteiger partial charge in [-0.05, 0) is 32.1 Å². The highest BCUT2D eigenvalue weighted by atomic mass is 16.3. The molecular formula is C13H22N2O. The number of benzene rings is 1. The number of nitrogens with zero attached hydrogens (tertiary/aromatic N) is 1. The molecule has 2 N–H and O–H groups in total. The van der Waals surface area contributed by atoms with Gasteiger partial charge < -0.3 is 10.4 Å². The molecule has 0 saturated carbocycles. The summed E-state index contributed by atoms with van der Waals surface area (Å²) in [4.78, 5) is 2.28. The van der Waals surface area contributed by atoms with E-state index in [1.807, 2.05) is 13.1 Å². The number of aliphatic hydroxyl groups is 1. The van der Waals surface area contributed by atoms with Gasteiger partial charge in [0.15, 0.2) is 0 Å². The third-order valence-electron chi connectivity index (χ3n) is 2.57. The van der Waals surface area contributed by atoms with Crippen LogP contribution in [0.2, 0.25) is 0 Å². The Hall–Kier alpha value is -0.900. The summed E-state index contributed by atoms with van der Waals surface area (Å²) in [7, 11) is 1.97. The zero-order valence-corrected chi connectivity index (χ0v) is 10.0. The van der Waals surface area contributed by atoms with Gasteiger partial charge in [-0.1, -0.05) is 30.3 Å². The fraction of sp³-hybridized carbons (Fsp3) is 0.538. The Bertz CT molecular complexity index is 264. The van der Waals surface area contributed by atoms with E-state index < -0.39 is 0 Å². The van der Waals surface area contributed by atoms with Gasteiger partial charge in [-0.2, -0.15) is 0 Å². The smallest absolute Gasteiger partial charge is 0.0558 e. The maximum Gasteiger partial charge on any atom is 0.0558 e. The number of hydrogen-bond donors (Lipinski definition) is 2. The Morgan fingerprint density at radius 2 is 1.94 bits per heavy atom. The molecule has 0 fully saturated rings. The average Bonchev–Trinajstić information content (AvgIpc) is 2.31. The van der Waals surface area contributed by atoms with E-state index in [1.165, 1.54) is 5.56 Å². The molecule has 0 heterocycles. The first-order valence-electron chi connectivity index (χ1n) is 5.88. The third-order valence-corrected chi connectivity index (χ3v) is 2.57. The normalized spacial score (nSPS) is 10.9. The maximum absolute atomic E-state index is 9.01. The SMILES string of the molecule is CNCCCN(CCO)Cc1ccccc1. The Labute approximate surface area is 98.1 Å². The van der Waals surface area contributed by atoms with Gasteiger partial charge in [0.2, 0.25) is 0 Å². The predicted octanol–water partition coefficient (Wildman–Crippen LogP) is 1.09. The number of rotatable bonds is 8. The molecule has 0 aliphatic heterocycles. The molecule has 0 unspecified atom stereocenters. The summed E-state index contributed by atoms with van der Waals surface area (Å²) >= 11 is 0. The zero-order valence-electron chi connectivity index (χ0n) is 10.0. The lowest BCUT2D eigenvalue weighted by atomic mass is 10.2. The van der Waals surface area contributed by atoms with Crippen LogP contribution in [0, 0.1) is 0 Å². The van der Waals surface area contributed by atoms with E-state index in [0.717, 1.165) is 32.6 Å². The van der Waals surface area contributed by atoms with E-state index in [9.17, 15) is 0 Å². The molecule has 1 rings (SSSR count). The molecule has 0 aromatic heterocycles. The predicted molar refractivity (Wildman–Crippen MR) is 67.3 cm³/mol. The van der Waals surface area contributed by atoms with Gasteiger partial charge in [-0.15, -0.1) is 0 Å². The van der Waals surface area contributed by atoms with E-state index in [1.54, 1.807) is 0 Å². The molecule has 3 nitrogen and oxygen atoms in total. The molecule has 0 bridgehead atoms. The van der Waals surface area contributed by atoms with Crippen LogP contribution < -0.4 is 5.32 Å². The second kappa shape index (κ2) is 8.28. The van der Waals surface area contributed by atoms with Crippen LogP contribution in [-0.4, -0.2) is 43.3 Å². The van der Waals surface area contributed by atoms with Crippen molar-refractivity contribution in [3.63, 3.8) is 0 Å². The van der Waals surface area contributed by atoms with Gasteiger partial charge in [-0.25, -0.2) is 0 Å². The Morgan fingerprint density at radius 1 is 1.19 bits per heavy atom. The Balaban J connectivity index is 2.38. The number of nitrogens with one attached hydrogen (secondary N) is 1. The molecule has 0 amide bonds. The Morgan fingerprint density at radius 3 is 2.56 bits per heavy atom. The minimum atomic E-state index is 0.229. The first-order valence-corrected chi connectivity index (χ1v) is 5.88. The molecule has 3 heteroatoms. The van der Waals surface area contributed by atoms with Crippen molar-refractivity contribution in [2.24, 2.45) is 0 Å². The number of hydrogen-bond acceptors (Lipinski definition) is 3. The lowest BCUT2D eigenvalue weighted by molar-refractivity contribution is 0.188. The lowest BCUT2D eigenvalue weighted by Crippen LogP contribution is -2.29. The molecular weight excluding hydrogens is 200 g/mol. The molecule has 1 aromatic carbocycles. The van der Waals surface area contributed by atoms with Crippen molar-refractivity contribution in [3.8, 4) is 0 Å². The van der Waals surface area contributed by atoms with E-state index in [4.69, 9.17) is 5.11 Å². The first-order chi connectivity index (χ1) is 7.86. The standard InChI is InChI=1S/C13H22N2O/c1-14-8-5-9-15(10-11-16)12-13-6-3-2-4-7-13/h2-4,6-7,14,16H,5,8-12H2,1H3. The molecule has 0 spiro atoms. The summed E-state index contributed by atoms with van der Waals surface area (Å²) < 4.78 is 0. The summed E-state index contributed by atoms with van der Waals surface area (Å²) in [5, 5.41) is 12.2. The second-order valence-electron chi connectivity index (χ2n) is 3.94. The fourth-order valence-electron chi connectivity index (χ4n) is 1.73. The van der Waals surface area contributed by atoms with E-state index in [-0.39, 0.29) is 6.61 Å². The van der Waals surface area contributed by atoms with Gasteiger partial charge in [0.05, 0.1) is 6.61 Å². The second-order valence-corrected chi connectivity index (χ2v) is 3.94. The van der Waals surface area contributed by atoms with Crippen molar-refractivity contribution in [2.45, 2.75) is 13.0 Å². The van der Waals surface area contributed by atoms with Crippen molar-refractivity contribution < 1.29 is 5.11 Å². The summed E-state index contributed by atoms with van der Waals surface area (Å²) in [6.45, 7) is 3.95. The monoisotopic (exact) mass is 222 g/mol. The van der Waals surface area contributed by atoms with Crippen LogP contribution >= 0.6 is 0 Å². The summed E-state index contributed by atoms with van der Waals surface area (Å²) in [5.41, 5.74) is 1.31. The average molecular weight is 222 g/mol. The van der Waals surface area contributed by atoms with Gasteiger partial charge >= 0.3 is 0 Å². The molecule has 0 aliphatic carbocycles. The van der Waals surface area contributed by atoms with Gasteiger partial charge in [-0.3, -0.25) is 4.90 Å². The first kappa shape index (κ1) is 13.2. The van der Waals surface area contributed by atoms with Crippen molar-refractivity contribution in [1.82, 2.24) is 10.2 Å². The largest absolute Gasteiger partial charge is 0.395 e. The molecule has 16 heavy (non-hydrogen) atoms. The van der Waals surface area contributed by atoms with Crippen LogP contribution in [0.25, 0.3) is 0 Å². The van der Waals surface area contributed by atoms with Crippen LogP contribution in [-0.2, 0) is 6.54 Å². The lowest BCUT2D eigenvalue weighted by Gasteiger charge is -2.21. The quantitative estimate of drug-likeness (QED) is 0.646. The Kier molecular flexibility index (Phi) is 6.81. The van der Waals surface area contributed by atoms with Crippen molar-refractivity contribution in [1.29, 1.82) is 0 Å².